The van der Waals surface area contributed by atoms with Crippen molar-refractivity contribution in [1.82, 2.24) is 9.80 Å². The normalized spacial score (nSPS) is 20.3. The van der Waals surface area contributed by atoms with Crippen LogP contribution in [0.5, 0.6) is 5.75 Å². The SMILES string of the molecule is O=C(COc1ccc(F)cc1)N1CCC(N2CCCC2)CC1. The van der Waals surface area contributed by atoms with Crippen LogP contribution in [0.2, 0.25) is 0 Å². The van der Waals surface area contributed by atoms with Gasteiger partial charge in [0.1, 0.15) is 11.6 Å². The molecule has 2 aliphatic rings. The Kier molecular flexibility index (Phi) is 4.93. The molecule has 1 aromatic carbocycles. The van der Waals surface area contributed by atoms with Gasteiger partial charge in [0.25, 0.3) is 5.91 Å². The standard InChI is InChI=1S/C17H23FN2O2/c18-14-3-5-16(6-4-14)22-13-17(21)20-11-7-15(8-12-20)19-9-1-2-10-19/h3-6,15H,1-2,7-13H2. The molecule has 2 fully saturated rings. The molecule has 22 heavy (non-hydrogen) atoms. The molecular formula is C17H23FN2O2. The molecule has 0 N–H and O–H groups in total. The van der Waals surface area contributed by atoms with Gasteiger partial charge in [0.2, 0.25) is 0 Å². The van der Waals surface area contributed by atoms with Gasteiger partial charge in [-0.2, -0.15) is 0 Å². The van der Waals surface area contributed by atoms with E-state index < -0.39 is 0 Å². The number of piperidine rings is 1. The van der Waals surface area contributed by atoms with Gasteiger partial charge in [-0.05, 0) is 63.0 Å². The van der Waals surface area contributed by atoms with Crippen molar-refractivity contribution >= 4 is 5.91 Å². The summed E-state index contributed by atoms with van der Waals surface area (Å²) in [6.45, 7) is 4.08. The monoisotopic (exact) mass is 306 g/mol. The Morgan fingerprint density at radius 3 is 2.36 bits per heavy atom. The molecular weight excluding hydrogens is 283 g/mol. The Morgan fingerprint density at radius 2 is 1.73 bits per heavy atom. The zero-order valence-electron chi connectivity index (χ0n) is 12.8. The topological polar surface area (TPSA) is 32.8 Å². The van der Waals surface area contributed by atoms with Crippen LogP contribution in [-0.2, 0) is 4.79 Å². The van der Waals surface area contributed by atoms with E-state index in [1.165, 1.54) is 38.1 Å². The van der Waals surface area contributed by atoms with Crippen molar-refractivity contribution in [3.63, 3.8) is 0 Å². The zero-order chi connectivity index (χ0) is 15.4. The maximum Gasteiger partial charge on any atom is 0.260 e. The number of carbonyl (C=O) groups is 1. The fourth-order valence-electron chi connectivity index (χ4n) is 3.35. The summed E-state index contributed by atoms with van der Waals surface area (Å²) >= 11 is 0. The van der Waals surface area contributed by atoms with Crippen LogP contribution < -0.4 is 4.74 Å². The first kappa shape index (κ1) is 15.3. The number of carbonyl (C=O) groups excluding carboxylic acids is 1. The summed E-state index contributed by atoms with van der Waals surface area (Å²) in [6.07, 6.45) is 4.74. The molecule has 0 unspecified atom stereocenters. The Bertz CT molecular complexity index is 492. The van der Waals surface area contributed by atoms with E-state index in [0.29, 0.717) is 11.8 Å². The number of amides is 1. The highest BCUT2D eigenvalue weighted by Gasteiger charge is 2.28. The van der Waals surface area contributed by atoms with E-state index >= 15 is 0 Å². The molecule has 0 bridgehead atoms. The lowest BCUT2D eigenvalue weighted by molar-refractivity contribution is -0.134. The molecule has 0 aromatic heterocycles. The number of hydrogen-bond acceptors (Lipinski definition) is 3. The van der Waals surface area contributed by atoms with Gasteiger partial charge in [0.05, 0.1) is 0 Å². The lowest BCUT2D eigenvalue weighted by atomic mass is 10.0. The summed E-state index contributed by atoms with van der Waals surface area (Å²) in [6, 6.07) is 6.40. The van der Waals surface area contributed by atoms with Crippen LogP contribution in [0, 0.1) is 5.82 Å². The summed E-state index contributed by atoms with van der Waals surface area (Å²) in [5.74, 6) is 0.244. The third-order valence-corrected chi connectivity index (χ3v) is 4.65. The molecule has 0 atom stereocenters. The fraction of sp³-hybridized carbons (Fsp3) is 0.588. The minimum absolute atomic E-state index is 0.0178. The zero-order valence-corrected chi connectivity index (χ0v) is 12.8. The Hall–Kier alpha value is -1.62. The van der Waals surface area contributed by atoms with Crippen molar-refractivity contribution in [3.05, 3.63) is 30.1 Å². The predicted octanol–water partition coefficient (Wildman–Crippen LogP) is 2.29. The minimum atomic E-state index is -0.303. The van der Waals surface area contributed by atoms with E-state index in [9.17, 15) is 9.18 Å². The van der Waals surface area contributed by atoms with E-state index in [4.69, 9.17) is 4.74 Å². The lowest BCUT2D eigenvalue weighted by Gasteiger charge is -2.36. The van der Waals surface area contributed by atoms with Gasteiger partial charge < -0.3 is 14.5 Å². The molecule has 1 amide bonds. The summed E-state index contributed by atoms with van der Waals surface area (Å²) in [7, 11) is 0. The van der Waals surface area contributed by atoms with Crippen molar-refractivity contribution in [3.8, 4) is 5.75 Å². The smallest absolute Gasteiger partial charge is 0.260 e. The highest BCUT2D eigenvalue weighted by atomic mass is 19.1. The molecule has 2 heterocycles. The van der Waals surface area contributed by atoms with Crippen LogP contribution in [-0.4, -0.2) is 54.5 Å². The third kappa shape index (κ3) is 3.77. The van der Waals surface area contributed by atoms with Crippen molar-refractivity contribution in [2.75, 3.05) is 32.8 Å². The Balaban J connectivity index is 1.42. The summed E-state index contributed by atoms with van der Waals surface area (Å²) < 4.78 is 18.2. The molecule has 120 valence electrons. The number of ether oxygens (including phenoxy) is 1. The number of likely N-dealkylation sites (tertiary alicyclic amines) is 2. The van der Waals surface area contributed by atoms with E-state index in [0.717, 1.165) is 25.9 Å². The summed E-state index contributed by atoms with van der Waals surface area (Å²) in [4.78, 5) is 16.6. The Labute approximate surface area is 130 Å². The van der Waals surface area contributed by atoms with Gasteiger partial charge in [-0.25, -0.2) is 4.39 Å². The second-order valence-electron chi connectivity index (χ2n) is 6.10. The number of benzene rings is 1. The van der Waals surface area contributed by atoms with Gasteiger partial charge in [-0.1, -0.05) is 0 Å². The highest BCUT2D eigenvalue weighted by Crippen LogP contribution is 2.21. The average molecular weight is 306 g/mol. The molecule has 2 aliphatic heterocycles. The number of nitrogens with zero attached hydrogens (tertiary/aromatic N) is 2. The van der Waals surface area contributed by atoms with Crippen LogP contribution in [0.1, 0.15) is 25.7 Å². The van der Waals surface area contributed by atoms with Crippen molar-refractivity contribution < 1.29 is 13.9 Å². The maximum atomic E-state index is 12.8. The van der Waals surface area contributed by atoms with Crippen LogP contribution in [0.25, 0.3) is 0 Å². The maximum absolute atomic E-state index is 12.8. The average Bonchev–Trinajstić information content (AvgIpc) is 3.09. The predicted molar refractivity (Wildman–Crippen MR) is 82.3 cm³/mol. The molecule has 5 heteroatoms. The van der Waals surface area contributed by atoms with Gasteiger partial charge in [-0.3, -0.25) is 4.79 Å². The summed E-state index contributed by atoms with van der Waals surface area (Å²) in [5.41, 5.74) is 0. The molecule has 3 rings (SSSR count). The largest absolute Gasteiger partial charge is 0.484 e. The second kappa shape index (κ2) is 7.09. The molecule has 1 aromatic rings. The first-order valence-corrected chi connectivity index (χ1v) is 8.12. The first-order chi connectivity index (χ1) is 10.7. The second-order valence-corrected chi connectivity index (χ2v) is 6.10. The van der Waals surface area contributed by atoms with E-state index in [1.54, 1.807) is 12.1 Å². The van der Waals surface area contributed by atoms with Gasteiger partial charge in [0, 0.05) is 19.1 Å². The number of halogens is 1. The summed E-state index contributed by atoms with van der Waals surface area (Å²) in [5, 5.41) is 0. The highest BCUT2D eigenvalue weighted by molar-refractivity contribution is 5.77. The van der Waals surface area contributed by atoms with Gasteiger partial charge in [0.15, 0.2) is 6.61 Å². The van der Waals surface area contributed by atoms with Crippen LogP contribution in [0.4, 0.5) is 4.39 Å². The fourth-order valence-corrected chi connectivity index (χ4v) is 3.35. The Morgan fingerprint density at radius 1 is 1.09 bits per heavy atom. The molecule has 0 aliphatic carbocycles. The van der Waals surface area contributed by atoms with Crippen molar-refractivity contribution in [1.29, 1.82) is 0 Å². The number of rotatable bonds is 4. The van der Waals surface area contributed by atoms with E-state index in [2.05, 4.69) is 4.90 Å². The molecule has 2 saturated heterocycles. The minimum Gasteiger partial charge on any atom is -0.484 e. The van der Waals surface area contributed by atoms with Crippen molar-refractivity contribution in [2.45, 2.75) is 31.7 Å². The molecule has 4 nitrogen and oxygen atoms in total. The quantitative estimate of drug-likeness (QED) is 0.855. The van der Waals surface area contributed by atoms with Gasteiger partial charge in [-0.15, -0.1) is 0 Å². The number of hydrogen-bond donors (Lipinski definition) is 0. The molecule has 0 saturated carbocycles. The van der Waals surface area contributed by atoms with Gasteiger partial charge >= 0.3 is 0 Å². The lowest BCUT2D eigenvalue weighted by Crippen LogP contribution is -2.47. The van der Waals surface area contributed by atoms with Crippen molar-refractivity contribution in [2.24, 2.45) is 0 Å². The third-order valence-electron chi connectivity index (χ3n) is 4.65. The van der Waals surface area contributed by atoms with E-state index in [-0.39, 0.29) is 18.3 Å². The van der Waals surface area contributed by atoms with E-state index in [1.807, 2.05) is 4.90 Å². The molecule has 0 radical (unpaired) electrons. The molecule has 0 spiro atoms. The van der Waals surface area contributed by atoms with Crippen LogP contribution in [0.3, 0.4) is 0 Å². The van der Waals surface area contributed by atoms with Crippen LogP contribution in [0.15, 0.2) is 24.3 Å². The first-order valence-electron chi connectivity index (χ1n) is 8.12. The van der Waals surface area contributed by atoms with Crippen LogP contribution >= 0.6 is 0 Å².